The predicted molar refractivity (Wildman–Crippen MR) is 198 cm³/mol. The molecule has 1 fully saturated rings. The molecule has 0 atom stereocenters. The Morgan fingerprint density at radius 3 is 2.16 bits per heavy atom. The number of alkyl halides is 3. The Morgan fingerprint density at radius 1 is 0.964 bits per heavy atom. The number of piperidine rings is 1. The molecule has 14 nitrogen and oxygen atoms in total. The van der Waals surface area contributed by atoms with E-state index in [1.54, 1.807) is 41.3 Å². The lowest BCUT2D eigenvalue weighted by Crippen LogP contribution is -2.51. The summed E-state index contributed by atoms with van der Waals surface area (Å²) >= 11 is 0. The van der Waals surface area contributed by atoms with Gasteiger partial charge in [-0.05, 0) is 73.5 Å². The van der Waals surface area contributed by atoms with Crippen molar-refractivity contribution in [3.63, 3.8) is 0 Å². The van der Waals surface area contributed by atoms with E-state index in [0.29, 0.717) is 53.9 Å². The summed E-state index contributed by atoms with van der Waals surface area (Å²) in [4.78, 5) is 42.3. The lowest BCUT2D eigenvalue weighted by atomic mass is 10.0. The summed E-state index contributed by atoms with van der Waals surface area (Å²) in [5.74, 6) is -0.673. The van der Waals surface area contributed by atoms with Crippen LogP contribution < -0.4 is 10.9 Å². The number of rotatable bonds is 8. The number of carbonyl (C=O) groups excluding carboxylic acids is 2. The number of hydrogen-bond acceptors (Lipinski definition) is 8. The third-order valence-corrected chi connectivity index (χ3v) is 9.71. The summed E-state index contributed by atoms with van der Waals surface area (Å²) in [5.41, 5.74) is -0.660. The second-order valence-electron chi connectivity index (χ2n) is 14.0. The quantitative estimate of drug-likeness (QED) is 0.182. The van der Waals surface area contributed by atoms with Gasteiger partial charge in [-0.1, -0.05) is 24.3 Å². The average Bonchev–Trinajstić information content (AvgIpc) is 3.72. The number of nitriles is 1. The standard InChI is InChI=1S/C32H33F3N8O3.C6H6O3S/c1-39-29(26-12-15-37-41(26)24-10-8-21(19-36)9-11-24)28(31(46)42(39)25-7-5-6-22(18-25)32(33,34)35)30(45)38-23-13-16-40(17-14-23)27(44)20-43(2,3)4;7-10(8,9)6-4-2-1-3-5-6/h5-12,15,18,23H,13-14,16-17,20H2,1-4H3;1-5H,(H,7,8,9). The van der Waals surface area contributed by atoms with Gasteiger partial charge < -0.3 is 19.3 Å². The van der Waals surface area contributed by atoms with Crippen LogP contribution in [0.2, 0.25) is 0 Å². The average molecular weight is 793 g/mol. The summed E-state index contributed by atoms with van der Waals surface area (Å²) in [6.07, 6.45) is -2.22. The van der Waals surface area contributed by atoms with Gasteiger partial charge in [0.1, 0.15) is 21.4 Å². The summed E-state index contributed by atoms with van der Waals surface area (Å²) in [5, 5.41) is 16.5. The van der Waals surface area contributed by atoms with E-state index in [9.17, 15) is 45.8 Å². The van der Waals surface area contributed by atoms with Gasteiger partial charge in [-0.25, -0.2) is 17.8 Å². The molecule has 0 unspecified atom stereocenters. The van der Waals surface area contributed by atoms with Crippen molar-refractivity contribution in [1.29, 1.82) is 5.26 Å². The summed E-state index contributed by atoms with van der Waals surface area (Å²) in [7, 11) is 3.03. The van der Waals surface area contributed by atoms with Crippen molar-refractivity contribution < 1.29 is 40.2 Å². The molecule has 3 heterocycles. The molecular formula is C38H39F3N8O6S. The summed E-state index contributed by atoms with van der Waals surface area (Å²) in [6, 6.07) is 21.3. The van der Waals surface area contributed by atoms with Crippen molar-refractivity contribution in [2.75, 3.05) is 40.8 Å². The number of nitrogens with zero attached hydrogens (tertiary/aromatic N) is 7. The van der Waals surface area contributed by atoms with E-state index in [1.807, 2.05) is 27.2 Å². The first-order valence-electron chi connectivity index (χ1n) is 17.2. The topological polar surface area (TPSA) is 175 Å². The van der Waals surface area contributed by atoms with Crippen molar-refractivity contribution in [3.05, 3.63) is 118 Å². The van der Waals surface area contributed by atoms with Crippen molar-refractivity contribution in [3.8, 4) is 28.8 Å². The van der Waals surface area contributed by atoms with Crippen LogP contribution in [0.5, 0.6) is 0 Å². The molecule has 1 saturated heterocycles. The van der Waals surface area contributed by atoms with E-state index in [-0.39, 0.29) is 33.8 Å². The number of aromatic nitrogens is 4. The van der Waals surface area contributed by atoms with Crippen LogP contribution in [0, 0.1) is 11.3 Å². The largest absolute Gasteiger partial charge is 0.744 e. The molecule has 56 heavy (non-hydrogen) atoms. The van der Waals surface area contributed by atoms with Gasteiger partial charge in [0.15, 0.2) is 6.54 Å². The number of likely N-dealkylation sites (tertiary alicyclic amines) is 1. The minimum absolute atomic E-state index is 0.0164. The van der Waals surface area contributed by atoms with Gasteiger partial charge in [0.25, 0.3) is 17.4 Å². The van der Waals surface area contributed by atoms with Crippen molar-refractivity contribution in [2.24, 2.45) is 7.05 Å². The number of nitrogens with one attached hydrogen (secondary N) is 1. The number of quaternary nitrogens is 1. The lowest BCUT2D eigenvalue weighted by Gasteiger charge is -2.34. The molecular weight excluding hydrogens is 754 g/mol. The van der Waals surface area contributed by atoms with Gasteiger partial charge in [0.2, 0.25) is 0 Å². The third kappa shape index (κ3) is 9.60. The predicted octanol–water partition coefficient (Wildman–Crippen LogP) is 3.94. The molecule has 1 aliphatic rings. The number of hydrogen-bond donors (Lipinski definition) is 1. The monoisotopic (exact) mass is 792 g/mol. The first-order chi connectivity index (χ1) is 26.3. The Balaban J connectivity index is 0.000000522. The number of amides is 2. The Morgan fingerprint density at radius 2 is 1.61 bits per heavy atom. The third-order valence-electron chi connectivity index (χ3n) is 8.86. The second-order valence-corrected chi connectivity index (χ2v) is 15.4. The second kappa shape index (κ2) is 16.4. The van der Waals surface area contributed by atoms with Gasteiger partial charge in [0.05, 0.1) is 66.5 Å². The number of carbonyl (C=O) groups is 2. The molecule has 2 amide bonds. The maximum Gasteiger partial charge on any atom is 0.416 e. The highest BCUT2D eigenvalue weighted by Crippen LogP contribution is 2.31. The molecule has 5 aromatic rings. The lowest BCUT2D eigenvalue weighted by molar-refractivity contribution is -0.862. The Hall–Kier alpha value is -6.03. The molecule has 0 aliphatic carbocycles. The Bertz CT molecular complexity index is 2420. The van der Waals surface area contributed by atoms with Crippen LogP contribution in [0.4, 0.5) is 13.2 Å². The maximum absolute atomic E-state index is 14.0. The highest BCUT2D eigenvalue weighted by Gasteiger charge is 2.34. The van der Waals surface area contributed by atoms with Crippen molar-refractivity contribution >= 4 is 21.9 Å². The molecule has 0 radical (unpaired) electrons. The van der Waals surface area contributed by atoms with Gasteiger partial charge in [-0.15, -0.1) is 0 Å². The molecule has 294 valence electrons. The zero-order valence-electron chi connectivity index (χ0n) is 30.9. The van der Waals surface area contributed by atoms with Crippen LogP contribution in [0.15, 0.2) is 101 Å². The van der Waals surface area contributed by atoms with Crippen LogP contribution in [-0.4, -0.2) is 100 Å². The molecule has 18 heteroatoms. The Labute approximate surface area is 320 Å². The smallest absolute Gasteiger partial charge is 0.416 e. The fraction of sp³-hybridized carbons (Fsp3) is 0.289. The van der Waals surface area contributed by atoms with Crippen molar-refractivity contribution in [2.45, 2.75) is 30.0 Å². The first-order valence-corrected chi connectivity index (χ1v) is 18.6. The minimum Gasteiger partial charge on any atom is -0.744 e. The van der Waals surface area contributed by atoms with Crippen LogP contribution >= 0.6 is 0 Å². The van der Waals surface area contributed by atoms with Crippen LogP contribution in [0.1, 0.15) is 34.3 Å². The SMILES string of the molecule is Cn1c(-c2ccnn2-c2ccc(C#N)cc2)c(C(=O)NC2CCN(C(=O)C[N+](C)(C)C)CC2)c(=O)n1-c1cccc(C(F)(F)F)c1.O=S(=O)([O-])c1ccccc1. The minimum atomic E-state index is -4.65. The Kier molecular flexibility index (Phi) is 12.0. The van der Waals surface area contributed by atoms with E-state index in [1.165, 1.54) is 59.0 Å². The fourth-order valence-electron chi connectivity index (χ4n) is 6.20. The van der Waals surface area contributed by atoms with Crippen LogP contribution in [-0.2, 0) is 28.1 Å². The van der Waals surface area contributed by atoms with Crippen molar-refractivity contribution in [1.82, 2.24) is 29.4 Å². The fourth-order valence-corrected chi connectivity index (χ4v) is 6.69. The molecule has 2 aromatic heterocycles. The molecule has 0 saturated carbocycles. The molecule has 6 rings (SSSR count). The van der Waals surface area contributed by atoms with E-state index < -0.39 is 33.3 Å². The maximum atomic E-state index is 14.0. The van der Waals surface area contributed by atoms with E-state index in [4.69, 9.17) is 0 Å². The molecule has 0 spiro atoms. The normalized spacial score (nSPS) is 13.7. The summed E-state index contributed by atoms with van der Waals surface area (Å²) < 4.78 is 76.0. The van der Waals surface area contributed by atoms with Gasteiger partial charge in [-0.3, -0.25) is 19.1 Å². The number of likely N-dealkylation sites (N-methyl/N-ethyl adjacent to an activating group) is 1. The van der Waals surface area contributed by atoms with E-state index in [0.717, 1.165) is 16.8 Å². The van der Waals surface area contributed by atoms with E-state index in [2.05, 4.69) is 10.4 Å². The number of benzene rings is 3. The molecule has 0 bridgehead atoms. The highest BCUT2D eigenvalue weighted by atomic mass is 32.2. The van der Waals surface area contributed by atoms with Gasteiger partial charge >= 0.3 is 6.18 Å². The molecule has 1 N–H and O–H groups in total. The first kappa shape index (κ1) is 41.1. The zero-order chi connectivity index (χ0) is 41.0. The van der Waals surface area contributed by atoms with Gasteiger partial charge in [0, 0.05) is 26.2 Å². The van der Waals surface area contributed by atoms with Crippen LogP contribution in [0.25, 0.3) is 22.8 Å². The van der Waals surface area contributed by atoms with Gasteiger partial charge in [-0.2, -0.15) is 23.5 Å². The molecule has 1 aliphatic heterocycles. The highest BCUT2D eigenvalue weighted by molar-refractivity contribution is 7.85. The summed E-state index contributed by atoms with van der Waals surface area (Å²) in [6.45, 7) is 1.21. The molecule has 3 aromatic carbocycles. The zero-order valence-corrected chi connectivity index (χ0v) is 31.7. The number of halogens is 3. The van der Waals surface area contributed by atoms with E-state index >= 15 is 0 Å². The van der Waals surface area contributed by atoms with Crippen LogP contribution in [0.3, 0.4) is 0 Å².